The van der Waals surface area contributed by atoms with Crippen LogP contribution in [0, 0.1) is 5.92 Å². The topological polar surface area (TPSA) is 69.7 Å². The van der Waals surface area contributed by atoms with Gasteiger partial charge in [0.05, 0.1) is 20.8 Å². The molecule has 0 saturated carbocycles. The maximum Gasteiger partial charge on any atom is 0.254 e. The number of carbonyl (C=O) groups is 1. The Bertz CT molecular complexity index is 1370. The van der Waals surface area contributed by atoms with E-state index in [1.807, 2.05) is 47.4 Å². The second kappa shape index (κ2) is 12.4. The van der Waals surface area contributed by atoms with E-state index in [4.69, 9.17) is 23.7 Å². The van der Waals surface area contributed by atoms with E-state index in [1.165, 1.54) is 0 Å². The van der Waals surface area contributed by atoms with Crippen LogP contribution in [0.5, 0.6) is 28.7 Å². The van der Waals surface area contributed by atoms with Gasteiger partial charge in [-0.3, -0.25) is 4.79 Å². The van der Waals surface area contributed by atoms with Crippen LogP contribution < -0.4 is 23.7 Å². The third-order valence-electron chi connectivity index (χ3n) is 8.08. The maximum atomic E-state index is 13.3. The summed E-state index contributed by atoms with van der Waals surface area (Å²) in [5.74, 6) is 4.33. The molecule has 1 atom stereocenters. The molecule has 1 saturated heterocycles. The van der Waals surface area contributed by atoms with Crippen LogP contribution in [0.3, 0.4) is 0 Å². The first kappa shape index (κ1) is 28.2. The zero-order valence-electron chi connectivity index (χ0n) is 23.1. The van der Waals surface area contributed by atoms with Crippen molar-refractivity contribution < 1.29 is 28.5 Å². The van der Waals surface area contributed by atoms with Gasteiger partial charge < -0.3 is 33.5 Å². The van der Waals surface area contributed by atoms with Crippen LogP contribution in [0.25, 0.3) is 10.8 Å². The van der Waals surface area contributed by atoms with E-state index in [0.29, 0.717) is 24.0 Å². The highest BCUT2D eigenvalue weighted by Crippen LogP contribution is 2.39. The van der Waals surface area contributed by atoms with Crippen molar-refractivity contribution in [1.29, 1.82) is 0 Å². The lowest BCUT2D eigenvalue weighted by molar-refractivity contribution is 0.0658. The molecule has 1 amide bonds. The van der Waals surface area contributed by atoms with E-state index in [2.05, 4.69) is 4.90 Å². The van der Waals surface area contributed by atoms with Crippen LogP contribution in [0.4, 0.5) is 0 Å². The summed E-state index contributed by atoms with van der Waals surface area (Å²) >= 11 is 0. The Labute approximate surface area is 241 Å². The molecule has 0 aromatic heterocycles. The number of halogens is 1. The molecule has 3 heterocycles. The summed E-state index contributed by atoms with van der Waals surface area (Å²) in [6, 6.07) is 13.8. The monoisotopic (exact) mass is 568 g/mol. The molecular formula is C31H37ClN2O6. The van der Waals surface area contributed by atoms with Crippen molar-refractivity contribution in [1.82, 2.24) is 9.80 Å². The zero-order valence-corrected chi connectivity index (χ0v) is 24.0. The summed E-state index contributed by atoms with van der Waals surface area (Å²) in [6.07, 6.45) is 4.12. The van der Waals surface area contributed by atoms with Gasteiger partial charge >= 0.3 is 0 Å². The summed E-state index contributed by atoms with van der Waals surface area (Å²) in [4.78, 5) is 17.8. The smallest absolute Gasteiger partial charge is 0.254 e. The van der Waals surface area contributed by atoms with Gasteiger partial charge in [0, 0.05) is 42.5 Å². The third-order valence-corrected chi connectivity index (χ3v) is 8.08. The molecule has 6 rings (SSSR count). The number of ether oxygens (including phenoxy) is 5. The van der Waals surface area contributed by atoms with Gasteiger partial charge in [-0.1, -0.05) is 12.1 Å². The van der Waals surface area contributed by atoms with Crippen LogP contribution in [-0.4, -0.2) is 76.1 Å². The second-order valence-corrected chi connectivity index (χ2v) is 10.5. The van der Waals surface area contributed by atoms with Crippen molar-refractivity contribution in [2.75, 3.05) is 60.3 Å². The number of piperidine rings is 1. The SMILES string of the molecule is COc1ccc2c(OCCCN3CCCC(CN4CCc5cc6c(cc5C4=O)OCO6)C3)cccc2c1OC.Cl. The van der Waals surface area contributed by atoms with Crippen molar-refractivity contribution in [3.05, 3.63) is 53.6 Å². The Morgan fingerprint density at radius 3 is 2.65 bits per heavy atom. The molecule has 214 valence electrons. The molecule has 40 heavy (non-hydrogen) atoms. The molecule has 0 N–H and O–H groups in total. The lowest BCUT2D eigenvalue weighted by atomic mass is 9.94. The summed E-state index contributed by atoms with van der Waals surface area (Å²) in [6.45, 7) is 5.54. The predicted molar refractivity (Wildman–Crippen MR) is 156 cm³/mol. The van der Waals surface area contributed by atoms with Gasteiger partial charge in [-0.2, -0.15) is 0 Å². The van der Waals surface area contributed by atoms with Gasteiger partial charge in [-0.25, -0.2) is 0 Å². The third kappa shape index (κ3) is 5.60. The number of benzene rings is 3. The van der Waals surface area contributed by atoms with E-state index in [1.54, 1.807) is 14.2 Å². The Morgan fingerprint density at radius 1 is 0.975 bits per heavy atom. The molecule has 9 heteroatoms. The second-order valence-electron chi connectivity index (χ2n) is 10.5. The lowest BCUT2D eigenvalue weighted by Crippen LogP contribution is -2.45. The molecule has 0 spiro atoms. The predicted octanol–water partition coefficient (Wildman–Crippen LogP) is 5.19. The fraction of sp³-hybridized carbons (Fsp3) is 0.452. The van der Waals surface area contributed by atoms with E-state index in [-0.39, 0.29) is 25.1 Å². The van der Waals surface area contributed by atoms with E-state index in [9.17, 15) is 4.79 Å². The minimum absolute atomic E-state index is 0. The number of nitrogens with zero attached hydrogens (tertiary/aromatic N) is 2. The van der Waals surface area contributed by atoms with Gasteiger partial charge in [0.15, 0.2) is 23.0 Å². The first-order valence-electron chi connectivity index (χ1n) is 13.8. The summed E-state index contributed by atoms with van der Waals surface area (Å²) in [7, 11) is 3.31. The minimum Gasteiger partial charge on any atom is -0.493 e. The van der Waals surface area contributed by atoms with Gasteiger partial charge in [0.1, 0.15) is 5.75 Å². The average molecular weight is 569 g/mol. The molecule has 8 nitrogen and oxygen atoms in total. The van der Waals surface area contributed by atoms with Gasteiger partial charge in [-0.05, 0) is 74.0 Å². The highest BCUT2D eigenvalue weighted by atomic mass is 35.5. The normalized spacial score (nSPS) is 18.3. The van der Waals surface area contributed by atoms with Crippen LogP contribution >= 0.6 is 12.4 Å². The maximum absolute atomic E-state index is 13.3. The Hall–Kier alpha value is -3.36. The fourth-order valence-corrected chi connectivity index (χ4v) is 6.16. The highest BCUT2D eigenvalue weighted by molar-refractivity contribution is 5.97. The number of likely N-dealkylation sites (tertiary alicyclic amines) is 1. The summed E-state index contributed by atoms with van der Waals surface area (Å²) < 4.78 is 28.2. The molecule has 3 aliphatic heterocycles. The number of carbonyl (C=O) groups excluding carboxylic acids is 1. The molecule has 0 bridgehead atoms. The van der Waals surface area contributed by atoms with Crippen LogP contribution in [0.1, 0.15) is 35.2 Å². The molecular weight excluding hydrogens is 532 g/mol. The zero-order chi connectivity index (χ0) is 26.8. The molecule has 0 aliphatic carbocycles. The average Bonchev–Trinajstić information content (AvgIpc) is 3.43. The van der Waals surface area contributed by atoms with Crippen molar-refractivity contribution in [2.24, 2.45) is 5.92 Å². The van der Waals surface area contributed by atoms with Crippen LogP contribution in [0.2, 0.25) is 0 Å². The molecule has 3 aromatic carbocycles. The number of methoxy groups -OCH3 is 2. The van der Waals surface area contributed by atoms with E-state index < -0.39 is 0 Å². The van der Waals surface area contributed by atoms with Crippen molar-refractivity contribution in [2.45, 2.75) is 25.7 Å². The molecule has 1 fully saturated rings. The Kier molecular flexibility index (Phi) is 8.76. The highest BCUT2D eigenvalue weighted by Gasteiger charge is 2.30. The van der Waals surface area contributed by atoms with E-state index >= 15 is 0 Å². The number of hydrogen-bond donors (Lipinski definition) is 0. The number of amides is 1. The molecule has 3 aliphatic rings. The quantitative estimate of drug-likeness (QED) is 0.329. The molecule has 1 unspecified atom stereocenters. The first-order valence-corrected chi connectivity index (χ1v) is 13.8. The molecule has 3 aromatic rings. The first-order chi connectivity index (χ1) is 19.1. The van der Waals surface area contributed by atoms with E-state index in [0.717, 1.165) is 97.6 Å². The van der Waals surface area contributed by atoms with Gasteiger partial charge in [0.2, 0.25) is 6.79 Å². The number of fused-ring (bicyclic) bond motifs is 3. The fourth-order valence-electron chi connectivity index (χ4n) is 6.16. The Balaban J connectivity index is 0.00000323. The minimum atomic E-state index is 0. The van der Waals surface area contributed by atoms with Gasteiger partial charge in [-0.15, -0.1) is 12.4 Å². The van der Waals surface area contributed by atoms with Crippen LogP contribution in [0.15, 0.2) is 42.5 Å². The summed E-state index contributed by atoms with van der Waals surface area (Å²) in [5.41, 5.74) is 1.83. The summed E-state index contributed by atoms with van der Waals surface area (Å²) in [5, 5.41) is 2.00. The lowest BCUT2D eigenvalue weighted by Gasteiger charge is -2.37. The Morgan fingerprint density at radius 2 is 1.82 bits per heavy atom. The van der Waals surface area contributed by atoms with Crippen LogP contribution in [-0.2, 0) is 6.42 Å². The number of rotatable bonds is 9. The van der Waals surface area contributed by atoms with Crippen molar-refractivity contribution in [3.63, 3.8) is 0 Å². The molecule has 0 radical (unpaired) electrons. The van der Waals surface area contributed by atoms with Crippen molar-refractivity contribution >= 4 is 29.1 Å². The van der Waals surface area contributed by atoms with Gasteiger partial charge in [0.25, 0.3) is 5.91 Å². The number of hydrogen-bond acceptors (Lipinski definition) is 7. The standard InChI is InChI=1S/C31H36N2O6.ClH/c1-35-27-10-9-23-24(30(27)36-2)7-3-8-26(23)37-15-5-13-32-12-4-6-21(18-32)19-33-14-11-22-16-28-29(39-20-38-28)17-25(22)31(33)34;/h3,7-10,16-17,21H,4-6,11-15,18-20H2,1-2H3;1H. The largest absolute Gasteiger partial charge is 0.493 e. The van der Waals surface area contributed by atoms with Crippen molar-refractivity contribution in [3.8, 4) is 28.7 Å².